The average Bonchev–Trinajstić information content (AvgIpc) is 2.29. The van der Waals surface area contributed by atoms with E-state index in [1.165, 1.54) is 22.3 Å². The summed E-state index contributed by atoms with van der Waals surface area (Å²) in [7, 11) is 0. The van der Waals surface area contributed by atoms with Crippen LogP contribution in [0.5, 0.6) is 0 Å². The number of allylic oxidation sites excluding steroid dienone is 3. The third-order valence-corrected chi connectivity index (χ3v) is 2.73. The first-order chi connectivity index (χ1) is 6.29. The van der Waals surface area contributed by atoms with Gasteiger partial charge in [-0.15, -0.1) is 0 Å². The highest BCUT2D eigenvalue weighted by molar-refractivity contribution is 5.76. The Morgan fingerprint density at radius 2 is 1.85 bits per heavy atom. The number of hydrogen-bond acceptors (Lipinski definition) is 0. The Morgan fingerprint density at radius 3 is 2.69 bits per heavy atom. The van der Waals surface area contributed by atoms with Crippen LogP contribution in [0.1, 0.15) is 31.4 Å². The van der Waals surface area contributed by atoms with Crippen molar-refractivity contribution in [3.8, 4) is 0 Å². The van der Waals surface area contributed by atoms with Crippen molar-refractivity contribution in [3.63, 3.8) is 0 Å². The van der Waals surface area contributed by atoms with E-state index < -0.39 is 0 Å². The molecule has 1 aliphatic carbocycles. The van der Waals surface area contributed by atoms with Gasteiger partial charge in [-0.25, -0.2) is 0 Å². The summed E-state index contributed by atoms with van der Waals surface area (Å²) in [5, 5.41) is 0. The Bertz CT molecular complexity index is 381. The zero-order valence-electron chi connectivity index (χ0n) is 8.17. The maximum Gasteiger partial charge on any atom is -0.0132 e. The first-order valence-corrected chi connectivity index (χ1v) is 4.71. The molecule has 0 saturated carbocycles. The third-order valence-electron chi connectivity index (χ3n) is 2.73. The normalized spacial score (nSPS) is 15.5. The van der Waals surface area contributed by atoms with E-state index in [0.29, 0.717) is 0 Å². The standard InChI is InChI=1S/C13H14/c1-10-6-5-8-12-7-3-4-9-13(12)11(10)2/h3-5,7-9H,6H2,1-2H3. The first-order valence-electron chi connectivity index (χ1n) is 4.71. The fraction of sp³-hybridized carbons (Fsp3) is 0.231. The van der Waals surface area contributed by atoms with E-state index in [4.69, 9.17) is 0 Å². The number of rotatable bonds is 0. The lowest BCUT2D eigenvalue weighted by Crippen LogP contribution is -1.85. The topological polar surface area (TPSA) is 0 Å². The Hall–Kier alpha value is -1.30. The van der Waals surface area contributed by atoms with Gasteiger partial charge in [0.15, 0.2) is 0 Å². The van der Waals surface area contributed by atoms with Gasteiger partial charge in [0.05, 0.1) is 0 Å². The van der Waals surface area contributed by atoms with E-state index in [1.54, 1.807) is 0 Å². The summed E-state index contributed by atoms with van der Waals surface area (Å²) in [5.74, 6) is 0. The van der Waals surface area contributed by atoms with Crippen LogP contribution in [0.2, 0.25) is 0 Å². The van der Waals surface area contributed by atoms with E-state index in [1.807, 2.05) is 0 Å². The highest BCUT2D eigenvalue weighted by atomic mass is 14.1. The lowest BCUT2D eigenvalue weighted by atomic mass is 9.99. The van der Waals surface area contributed by atoms with Gasteiger partial charge in [-0.2, -0.15) is 0 Å². The number of hydrogen-bond donors (Lipinski definition) is 0. The van der Waals surface area contributed by atoms with E-state index in [-0.39, 0.29) is 0 Å². The van der Waals surface area contributed by atoms with Crippen LogP contribution in [0.25, 0.3) is 11.6 Å². The van der Waals surface area contributed by atoms with E-state index in [9.17, 15) is 0 Å². The molecule has 13 heavy (non-hydrogen) atoms. The molecule has 0 saturated heterocycles. The molecule has 0 heterocycles. The summed E-state index contributed by atoms with van der Waals surface area (Å²) in [4.78, 5) is 0. The molecule has 0 N–H and O–H groups in total. The number of fused-ring (bicyclic) bond motifs is 1. The molecule has 0 aliphatic heterocycles. The molecule has 2 rings (SSSR count). The van der Waals surface area contributed by atoms with Gasteiger partial charge in [0.1, 0.15) is 0 Å². The van der Waals surface area contributed by atoms with Crippen molar-refractivity contribution in [2.75, 3.05) is 0 Å². The maximum atomic E-state index is 2.24. The van der Waals surface area contributed by atoms with Crippen molar-refractivity contribution in [3.05, 3.63) is 47.0 Å². The van der Waals surface area contributed by atoms with Crippen molar-refractivity contribution in [1.82, 2.24) is 0 Å². The Kier molecular flexibility index (Phi) is 2.05. The van der Waals surface area contributed by atoms with Crippen LogP contribution in [0.3, 0.4) is 0 Å². The van der Waals surface area contributed by atoms with Crippen molar-refractivity contribution < 1.29 is 0 Å². The average molecular weight is 170 g/mol. The van der Waals surface area contributed by atoms with Gasteiger partial charge >= 0.3 is 0 Å². The molecule has 0 unspecified atom stereocenters. The molecule has 0 amide bonds. The summed E-state index contributed by atoms with van der Waals surface area (Å²) in [6.07, 6.45) is 5.54. The maximum absolute atomic E-state index is 2.24. The van der Waals surface area contributed by atoms with Crippen LogP contribution in [0.4, 0.5) is 0 Å². The molecule has 0 spiro atoms. The second-order valence-electron chi connectivity index (χ2n) is 3.60. The minimum Gasteiger partial charge on any atom is -0.0798 e. The molecule has 1 aliphatic rings. The molecule has 1 aromatic rings. The minimum absolute atomic E-state index is 1.08. The quantitative estimate of drug-likeness (QED) is 0.554. The molecule has 0 heteroatoms. The smallest absolute Gasteiger partial charge is 0.0132 e. The van der Waals surface area contributed by atoms with Gasteiger partial charge in [0, 0.05) is 0 Å². The van der Waals surface area contributed by atoms with Crippen molar-refractivity contribution >= 4 is 11.6 Å². The summed E-state index contributed by atoms with van der Waals surface area (Å²) in [6.45, 7) is 4.42. The minimum atomic E-state index is 1.08. The van der Waals surface area contributed by atoms with Gasteiger partial charge in [0.25, 0.3) is 0 Å². The molecule has 0 atom stereocenters. The molecular formula is C13H14. The summed E-state index contributed by atoms with van der Waals surface area (Å²) < 4.78 is 0. The predicted octanol–water partition coefficient (Wildman–Crippen LogP) is 3.90. The Morgan fingerprint density at radius 1 is 1.08 bits per heavy atom. The lowest BCUT2D eigenvalue weighted by molar-refractivity contribution is 1.22. The monoisotopic (exact) mass is 170 g/mol. The SMILES string of the molecule is CC1=C(C)c2ccccc2C=CC1. The van der Waals surface area contributed by atoms with E-state index in [2.05, 4.69) is 50.3 Å². The van der Waals surface area contributed by atoms with Crippen LogP contribution < -0.4 is 0 Å². The van der Waals surface area contributed by atoms with Crippen molar-refractivity contribution in [1.29, 1.82) is 0 Å². The second-order valence-corrected chi connectivity index (χ2v) is 3.60. The van der Waals surface area contributed by atoms with Crippen LogP contribution >= 0.6 is 0 Å². The molecule has 0 fully saturated rings. The van der Waals surface area contributed by atoms with E-state index in [0.717, 1.165) is 6.42 Å². The summed E-state index contributed by atoms with van der Waals surface area (Å²) in [5.41, 5.74) is 5.63. The highest BCUT2D eigenvalue weighted by Crippen LogP contribution is 2.27. The molecule has 0 aromatic heterocycles. The molecule has 1 aromatic carbocycles. The number of benzene rings is 1. The summed E-state index contributed by atoms with van der Waals surface area (Å²) in [6, 6.07) is 8.57. The zero-order valence-corrected chi connectivity index (χ0v) is 8.17. The lowest BCUT2D eigenvalue weighted by Gasteiger charge is -2.06. The largest absolute Gasteiger partial charge is 0.0798 e. The van der Waals surface area contributed by atoms with Gasteiger partial charge < -0.3 is 0 Å². The molecule has 66 valence electrons. The van der Waals surface area contributed by atoms with Gasteiger partial charge in [-0.3, -0.25) is 0 Å². The fourth-order valence-electron chi connectivity index (χ4n) is 1.73. The molecule has 0 radical (unpaired) electrons. The molecule has 0 nitrogen and oxygen atoms in total. The Labute approximate surface area is 79.6 Å². The van der Waals surface area contributed by atoms with Crippen LogP contribution in [-0.2, 0) is 0 Å². The van der Waals surface area contributed by atoms with Crippen molar-refractivity contribution in [2.24, 2.45) is 0 Å². The Balaban J connectivity index is 2.65. The van der Waals surface area contributed by atoms with Gasteiger partial charge in [-0.1, -0.05) is 42.0 Å². The van der Waals surface area contributed by atoms with Gasteiger partial charge in [0.2, 0.25) is 0 Å². The second kappa shape index (κ2) is 3.21. The van der Waals surface area contributed by atoms with Crippen LogP contribution in [0, 0.1) is 0 Å². The third kappa shape index (κ3) is 1.44. The van der Waals surface area contributed by atoms with Crippen molar-refractivity contribution in [2.45, 2.75) is 20.3 Å². The zero-order chi connectivity index (χ0) is 9.26. The molecule has 0 bridgehead atoms. The highest BCUT2D eigenvalue weighted by Gasteiger charge is 2.06. The fourth-order valence-corrected chi connectivity index (χ4v) is 1.73. The summed E-state index contributed by atoms with van der Waals surface area (Å²) >= 11 is 0. The van der Waals surface area contributed by atoms with Crippen LogP contribution in [-0.4, -0.2) is 0 Å². The predicted molar refractivity (Wildman–Crippen MR) is 58.4 cm³/mol. The van der Waals surface area contributed by atoms with Crippen LogP contribution in [0.15, 0.2) is 35.9 Å². The van der Waals surface area contributed by atoms with Gasteiger partial charge in [-0.05, 0) is 37.0 Å². The molecular weight excluding hydrogens is 156 g/mol. The van der Waals surface area contributed by atoms with E-state index >= 15 is 0 Å². The first kappa shape index (κ1) is 8.31.